The third-order valence-corrected chi connectivity index (χ3v) is 4.87. The van der Waals surface area contributed by atoms with Gasteiger partial charge in [0.2, 0.25) is 0 Å². The minimum atomic E-state index is -0.774. The minimum absolute atomic E-state index is 0.00165. The molecule has 1 saturated heterocycles. The summed E-state index contributed by atoms with van der Waals surface area (Å²) in [4.78, 5) is 26.9. The maximum Gasteiger partial charge on any atom is 0.198 e. The molecule has 30 heavy (non-hydrogen) atoms. The summed E-state index contributed by atoms with van der Waals surface area (Å²) in [5, 5.41) is 0. The lowest BCUT2D eigenvalue weighted by atomic mass is 9.81. The molecular weight excluding hydrogens is 392 g/mol. The van der Waals surface area contributed by atoms with E-state index in [4.69, 9.17) is 28.4 Å². The molecule has 1 fully saturated rings. The molecule has 0 N–H and O–H groups in total. The van der Waals surface area contributed by atoms with Gasteiger partial charge in [-0.2, -0.15) is 0 Å². The SMILES string of the molecule is COCOc1cc2c(c(C3OCCCO3)c1)C(=O)c1c(OCOC)cccc1C2=O. The lowest BCUT2D eigenvalue weighted by molar-refractivity contribution is -0.183. The second kappa shape index (κ2) is 8.93. The van der Waals surface area contributed by atoms with Crippen molar-refractivity contribution in [1.82, 2.24) is 0 Å². The van der Waals surface area contributed by atoms with E-state index in [-0.39, 0.29) is 53.2 Å². The Morgan fingerprint density at radius 1 is 0.900 bits per heavy atom. The highest BCUT2D eigenvalue weighted by Gasteiger charge is 2.37. The first-order valence-electron chi connectivity index (χ1n) is 9.52. The Balaban J connectivity index is 1.86. The topological polar surface area (TPSA) is 89.5 Å². The number of fused-ring (bicyclic) bond motifs is 2. The molecule has 0 aromatic heterocycles. The van der Waals surface area contributed by atoms with E-state index in [0.717, 1.165) is 6.42 Å². The zero-order chi connectivity index (χ0) is 21.1. The fourth-order valence-corrected chi connectivity index (χ4v) is 3.60. The van der Waals surface area contributed by atoms with E-state index in [1.807, 2.05) is 0 Å². The van der Waals surface area contributed by atoms with Gasteiger partial charge in [-0.25, -0.2) is 0 Å². The van der Waals surface area contributed by atoms with Gasteiger partial charge in [0.25, 0.3) is 0 Å². The fourth-order valence-electron chi connectivity index (χ4n) is 3.60. The van der Waals surface area contributed by atoms with E-state index < -0.39 is 6.29 Å². The standard InChI is InChI=1S/C22H22O8/c1-25-11-29-13-9-15-18(16(10-13)22-27-7-4-8-28-22)21(24)19-14(20(15)23)5-3-6-17(19)30-12-26-2/h3,5-6,9-10,22H,4,7-8,11-12H2,1-2H3. The van der Waals surface area contributed by atoms with Crippen molar-refractivity contribution in [3.05, 3.63) is 58.1 Å². The van der Waals surface area contributed by atoms with Crippen LogP contribution in [-0.4, -0.2) is 52.6 Å². The van der Waals surface area contributed by atoms with Crippen LogP contribution >= 0.6 is 0 Å². The Labute approximate surface area is 173 Å². The highest BCUT2D eigenvalue weighted by atomic mass is 16.7. The van der Waals surface area contributed by atoms with Gasteiger partial charge in [-0.3, -0.25) is 9.59 Å². The molecule has 0 bridgehead atoms. The van der Waals surface area contributed by atoms with Crippen molar-refractivity contribution in [3.8, 4) is 11.5 Å². The summed E-state index contributed by atoms with van der Waals surface area (Å²) in [5.41, 5.74) is 1.38. The summed E-state index contributed by atoms with van der Waals surface area (Å²) in [6, 6.07) is 8.11. The highest BCUT2D eigenvalue weighted by molar-refractivity contribution is 6.30. The van der Waals surface area contributed by atoms with Gasteiger partial charge in [0.15, 0.2) is 31.4 Å². The maximum absolute atomic E-state index is 13.6. The van der Waals surface area contributed by atoms with Gasteiger partial charge in [0, 0.05) is 36.5 Å². The Kier molecular flexibility index (Phi) is 6.10. The summed E-state index contributed by atoms with van der Waals surface area (Å²) >= 11 is 0. The molecular formula is C22H22O8. The van der Waals surface area contributed by atoms with Crippen LogP contribution in [-0.2, 0) is 18.9 Å². The molecule has 1 aliphatic carbocycles. The molecule has 1 aliphatic heterocycles. The Morgan fingerprint density at radius 3 is 2.37 bits per heavy atom. The van der Waals surface area contributed by atoms with Gasteiger partial charge in [0.05, 0.1) is 18.8 Å². The van der Waals surface area contributed by atoms with Gasteiger partial charge >= 0.3 is 0 Å². The first-order valence-corrected chi connectivity index (χ1v) is 9.52. The number of hydrogen-bond acceptors (Lipinski definition) is 8. The van der Waals surface area contributed by atoms with Crippen molar-refractivity contribution in [3.63, 3.8) is 0 Å². The van der Waals surface area contributed by atoms with E-state index >= 15 is 0 Å². The number of carbonyl (C=O) groups is 2. The molecule has 2 aliphatic rings. The minimum Gasteiger partial charge on any atom is -0.468 e. The fraction of sp³-hybridized carbons (Fsp3) is 0.364. The van der Waals surface area contributed by atoms with Crippen molar-refractivity contribution in [2.75, 3.05) is 41.0 Å². The van der Waals surface area contributed by atoms with Crippen LogP contribution in [0.2, 0.25) is 0 Å². The molecule has 2 aromatic rings. The first-order chi connectivity index (χ1) is 14.7. The van der Waals surface area contributed by atoms with Gasteiger partial charge in [-0.15, -0.1) is 0 Å². The van der Waals surface area contributed by atoms with Gasteiger partial charge in [-0.05, 0) is 24.6 Å². The lowest BCUT2D eigenvalue weighted by Gasteiger charge is -2.28. The molecule has 2 aromatic carbocycles. The normalized spacial score (nSPS) is 16.2. The molecule has 158 valence electrons. The van der Waals surface area contributed by atoms with Crippen LogP contribution in [0.5, 0.6) is 11.5 Å². The third-order valence-electron chi connectivity index (χ3n) is 4.87. The summed E-state index contributed by atoms with van der Waals surface area (Å²) in [6.45, 7) is 0.932. The van der Waals surface area contributed by atoms with Crippen LogP contribution in [0.15, 0.2) is 30.3 Å². The predicted molar refractivity (Wildman–Crippen MR) is 104 cm³/mol. The molecule has 0 amide bonds. The van der Waals surface area contributed by atoms with Crippen molar-refractivity contribution in [2.24, 2.45) is 0 Å². The Morgan fingerprint density at radius 2 is 1.63 bits per heavy atom. The van der Waals surface area contributed by atoms with Crippen molar-refractivity contribution in [1.29, 1.82) is 0 Å². The van der Waals surface area contributed by atoms with E-state index in [2.05, 4.69) is 0 Å². The van der Waals surface area contributed by atoms with Crippen molar-refractivity contribution in [2.45, 2.75) is 12.7 Å². The average molecular weight is 414 g/mol. The molecule has 0 spiro atoms. The average Bonchev–Trinajstić information content (AvgIpc) is 2.79. The van der Waals surface area contributed by atoms with Crippen LogP contribution < -0.4 is 9.47 Å². The first kappa shape index (κ1) is 20.5. The molecule has 4 rings (SSSR count). The zero-order valence-electron chi connectivity index (χ0n) is 16.8. The van der Waals surface area contributed by atoms with Crippen LogP contribution in [0.4, 0.5) is 0 Å². The number of ketones is 2. The number of rotatable bonds is 7. The molecule has 0 unspecified atom stereocenters. The van der Waals surface area contributed by atoms with Gasteiger partial charge in [0.1, 0.15) is 11.5 Å². The second-order valence-corrected chi connectivity index (χ2v) is 6.80. The van der Waals surface area contributed by atoms with Crippen LogP contribution in [0.1, 0.15) is 50.1 Å². The summed E-state index contributed by atoms with van der Waals surface area (Å²) in [6.07, 6.45) is -0.0209. The molecule has 1 heterocycles. The summed E-state index contributed by atoms with van der Waals surface area (Å²) < 4.78 is 32.5. The molecule has 0 saturated carbocycles. The molecule has 0 atom stereocenters. The van der Waals surface area contributed by atoms with E-state index in [1.165, 1.54) is 14.2 Å². The van der Waals surface area contributed by atoms with Crippen molar-refractivity contribution < 1.29 is 38.0 Å². The van der Waals surface area contributed by atoms with Crippen LogP contribution in [0.25, 0.3) is 0 Å². The van der Waals surface area contributed by atoms with Crippen molar-refractivity contribution >= 4 is 11.6 Å². The third kappa shape index (κ3) is 3.70. The molecule has 8 heteroatoms. The number of carbonyl (C=O) groups excluding carboxylic acids is 2. The zero-order valence-corrected chi connectivity index (χ0v) is 16.8. The lowest BCUT2D eigenvalue weighted by Crippen LogP contribution is -2.27. The molecule has 8 nitrogen and oxygen atoms in total. The second-order valence-electron chi connectivity index (χ2n) is 6.80. The van der Waals surface area contributed by atoms with Crippen LogP contribution in [0, 0.1) is 0 Å². The number of benzene rings is 2. The van der Waals surface area contributed by atoms with Crippen LogP contribution in [0.3, 0.4) is 0 Å². The Hall–Kier alpha value is -2.78. The van der Waals surface area contributed by atoms with Gasteiger partial charge in [-0.1, -0.05) is 12.1 Å². The summed E-state index contributed by atoms with van der Waals surface area (Å²) in [5.74, 6) is 0.0361. The molecule has 0 radical (unpaired) electrons. The number of methoxy groups -OCH3 is 2. The number of ether oxygens (including phenoxy) is 6. The quantitative estimate of drug-likeness (QED) is 0.545. The maximum atomic E-state index is 13.6. The number of hydrogen-bond donors (Lipinski definition) is 0. The smallest absolute Gasteiger partial charge is 0.198 e. The van der Waals surface area contributed by atoms with E-state index in [0.29, 0.717) is 24.5 Å². The van der Waals surface area contributed by atoms with E-state index in [1.54, 1.807) is 30.3 Å². The monoisotopic (exact) mass is 414 g/mol. The van der Waals surface area contributed by atoms with Gasteiger partial charge < -0.3 is 28.4 Å². The predicted octanol–water partition coefficient (Wildman–Crippen LogP) is 2.86. The highest BCUT2D eigenvalue weighted by Crippen LogP contribution is 2.40. The summed E-state index contributed by atoms with van der Waals surface area (Å²) in [7, 11) is 2.98. The van der Waals surface area contributed by atoms with E-state index in [9.17, 15) is 9.59 Å². The largest absolute Gasteiger partial charge is 0.468 e. The Bertz CT molecular complexity index is 962.